The zero-order chi connectivity index (χ0) is 12.7. The molecule has 0 saturated carbocycles. The molecular weight excluding hydrogens is 220 g/mol. The van der Waals surface area contributed by atoms with Gasteiger partial charge in [0.05, 0.1) is 18.2 Å². The molecule has 1 aliphatic heterocycles. The molecule has 0 aromatic rings. The standard InChI is InChI=1S/C12H24N2O3/c1-12(14,11(13)15)6-4-7-16-9-10-5-2-3-8-17-10/h10H,2-9,14H2,1H3,(H2,13,15). The molecule has 1 rings (SSSR count). The second-order valence-electron chi connectivity index (χ2n) is 4.95. The third-order valence-corrected chi connectivity index (χ3v) is 3.13. The van der Waals surface area contributed by atoms with Crippen molar-refractivity contribution in [2.24, 2.45) is 11.5 Å². The Morgan fingerprint density at radius 2 is 2.29 bits per heavy atom. The molecule has 1 heterocycles. The minimum absolute atomic E-state index is 0.240. The van der Waals surface area contributed by atoms with Crippen molar-refractivity contribution in [2.45, 2.75) is 50.7 Å². The van der Waals surface area contributed by atoms with Gasteiger partial charge in [-0.1, -0.05) is 0 Å². The number of amides is 1. The number of hydrogen-bond acceptors (Lipinski definition) is 4. The van der Waals surface area contributed by atoms with Gasteiger partial charge in [0.15, 0.2) is 0 Å². The minimum atomic E-state index is -0.926. The molecule has 2 atom stereocenters. The van der Waals surface area contributed by atoms with Crippen molar-refractivity contribution in [1.82, 2.24) is 0 Å². The summed E-state index contributed by atoms with van der Waals surface area (Å²) in [5.74, 6) is -0.465. The first-order chi connectivity index (χ1) is 8.02. The topological polar surface area (TPSA) is 87.6 Å². The Morgan fingerprint density at radius 1 is 1.53 bits per heavy atom. The van der Waals surface area contributed by atoms with Gasteiger partial charge < -0.3 is 20.9 Å². The van der Waals surface area contributed by atoms with E-state index in [1.807, 2.05) is 0 Å². The molecule has 2 unspecified atom stereocenters. The Morgan fingerprint density at radius 3 is 2.88 bits per heavy atom. The van der Waals surface area contributed by atoms with Crippen molar-refractivity contribution in [1.29, 1.82) is 0 Å². The lowest BCUT2D eigenvalue weighted by Crippen LogP contribution is -2.49. The summed E-state index contributed by atoms with van der Waals surface area (Å²) < 4.78 is 11.1. The third kappa shape index (κ3) is 5.48. The first-order valence-electron chi connectivity index (χ1n) is 6.30. The van der Waals surface area contributed by atoms with Gasteiger partial charge in [0, 0.05) is 13.2 Å². The van der Waals surface area contributed by atoms with Gasteiger partial charge in [-0.05, 0) is 39.0 Å². The highest BCUT2D eigenvalue weighted by atomic mass is 16.5. The summed E-state index contributed by atoms with van der Waals surface area (Å²) in [6, 6.07) is 0. The van der Waals surface area contributed by atoms with Crippen LogP contribution in [-0.2, 0) is 14.3 Å². The number of rotatable bonds is 7. The van der Waals surface area contributed by atoms with E-state index in [0.717, 1.165) is 25.9 Å². The second-order valence-corrected chi connectivity index (χ2v) is 4.95. The maximum absolute atomic E-state index is 11.0. The predicted octanol–water partition coefficient (Wildman–Crippen LogP) is 0.555. The van der Waals surface area contributed by atoms with Crippen LogP contribution in [0.5, 0.6) is 0 Å². The van der Waals surface area contributed by atoms with Crippen LogP contribution in [0.3, 0.4) is 0 Å². The summed E-state index contributed by atoms with van der Waals surface area (Å²) in [5, 5.41) is 0. The molecule has 5 heteroatoms. The molecule has 0 aromatic carbocycles. The third-order valence-electron chi connectivity index (χ3n) is 3.13. The van der Waals surface area contributed by atoms with Crippen LogP contribution in [0.2, 0.25) is 0 Å². The largest absolute Gasteiger partial charge is 0.379 e. The molecule has 4 N–H and O–H groups in total. The van der Waals surface area contributed by atoms with Gasteiger partial charge in [0.2, 0.25) is 5.91 Å². The van der Waals surface area contributed by atoms with Gasteiger partial charge in [0.25, 0.3) is 0 Å². The van der Waals surface area contributed by atoms with E-state index >= 15 is 0 Å². The zero-order valence-electron chi connectivity index (χ0n) is 10.6. The fourth-order valence-electron chi connectivity index (χ4n) is 1.82. The van der Waals surface area contributed by atoms with Gasteiger partial charge in [-0.25, -0.2) is 0 Å². The summed E-state index contributed by atoms with van der Waals surface area (Å²) in [6.45, 7) is 3.73. The van der Waals surface area contributed by atoms with E-state index in [9.17, 15) is 4.79 Å². The van der Waals surface area contributed by atoms with E-state index in [1.165, 1.54) is 6.42 Å². The van der Waals surface area contributed by atoms with E-state index in [2.05, 4.69) is 0 Å². The molecule has 1 fully saturated rings. The smallest absolute Gasteiger partial charge is 0.237 e. The fraction of sp³-hybridized carbons (Fsp3) is 0.917. The lowest BCUT2D eigenvalue weighted by atomic mass is 9.97. The quantitative estimate of drug-likeness (QED) is 0.640. The molecule has 0 aliphatic carbocycles. The molecular formula is C12H24N2O3. The monoisotopic (exact) mass is 244 g/mol. The normalized spacial score (nSPS) is 24.2. The van der Waals surface area contributed by atoms with Gasteiger partial charge in [-0.3, -0.25) is 4.79 Å². The Bertz CT molecular complexity index is 238. The number of carbonyl (C=O) groups excluding carboxylic acids is 1. The maximum Gasteiger partial charge on any atom is 0.237 e. The molecule has 1 saturated heterocycles. The first kappa shape index (κ1) is 14.4. The van der Waals surface area contributed by atoms with E-state index in [1.54, 1.807) is 6.92 Å². The lowest BCUT2D eigenvalue weighted by molar-refractivity contribution is -0.122. The Hall–Kier alpha value is -0.650. The number of carbonyl (C=O) groups is 1. The maximum atomic E-state index is 11.0. The van der Waals surface area contributed by atoms with Crippen LogP contribution in [-0.4, -0.2) is 37.4 Å². The van der Waals surface area contributed by atoms with Crippen molar-refractivity contribution in [3.8, 4) is 0 Å². The van der Waals surface area contributed by atoms with Gasteiger partial charge in [-0.2, -0.15) is 0 Å². The van der Waals surface area contributed by atoms with Crippen molar-refractivity contribution < 1.29 is 14.3 Å². The molecule has 0 radical (unpaired) electrons. The van der Waals surface area contributed by atoms with Crippen LogP contribution in [0.4, 0.5) is 0 Å². The van der Waals surface area contributed by atoms with Gasteiger partial charge in [-0.15, -0.1) is 0 Å². The minimum Gasteiger partial charge on any atom is -0.379 e. The van der Waals surface area contributed by atoms with Crippen LogP contribution >= 0.6 is 0 Å². The fourth-order valence-corrected chi connectivity index (χ4v) is 1.82. The predicted molar refractivity (Wildman–Crippen MR) is 65.4 cm³/mol. The molecule has 17 heavy (non-hydrogen) atoms. The van der Waals surface area contributed by atoms with Crippen LogP contribution in [0, 0.1) is 0 Å². The average molecular weight is 244 g/mol. The summed E-state index contributed by atoms with van der Waals surface area (Å²) in [6.07, 6.45) is 4.98. The number of ether oxygens (including phenoxy) is 2. The molecule has 5 nitrogen and oxygen atoms in total. The van der Waals surface area contributed by atoms with Crippen LogP contribution in [0.25, 0.3) is 0 Å². The molecule has 0 aromatic heterocycles. The van der Waals surface area contributed by atoms with Crippen molar-refractivity contribution >= 4 is 5.91 Å². The lowest BCUT2D eigenvalue weighted by Gasteiger charge is -2.23. The van der Waals surface area contributed by atoms with Crippen molar-refractivity contribution in [3.05, 3.63) is 0 Å². The van der Waals surface area contributed by atoms with E-state index in [4.69, 9.17) is 20.9 Å². The Labute approximate surface area is 103 Å². The number of nitrogens with two attached hydrogens (primary N) is 2. The molecule has 1 amide bonds. The highest BCUT2D eigenvalue weighted by molar-refractivity contribution is 5.83. The van der Waals surface area contributed by atoms with E-state index in [-0.39, 0.29) is 6.10 Å². The number of hydrogen-bond donors (Lipinski definition) is 2. The van der Waals surface area contributed by atoms with Crippen LogP contribution in [0.15, 0.2) is 0 Å². The highest BCUT2D eigenvalue weighted by Gasteiger charge is 2.24. The Kier molecular flexibility index (Phi) is 5.88. The Balaban J connectivity index is 2.02. The summed E-state index contributed by atoms with van der Waals surface area (Å²) in [7, 11) is 0. The first-order valence-corrected chi connectivity index (χ1v) is 6.30. The van der Waals surface area contributed by atoms with Crippen molar-refractivity contribution in [3.63, 3.8) is 0 Å². The molecule has 0 bridgehead atoms. The molecule has 1 aliphatic rings. The van der Waals surface area contributed by atoms with Crippen molar-refractivity contribution in [2.75, 3.05) is 19.8 Å². The van der Waals surface area contributed by atoms with Gasteiger partial charge >= 0.3 is 0 Å². The number of primary amides is 1. The average Bonchev–Trinajstić information content (AvgIpc) is 2.29. The van der Waals surface area contributed by atoms with Crippen LogP contribution < -0.4 is 11.5 Å². The SMILES string of the molecule is CC(N)(CCCOCC1CCCCO1)C(N)=O. The zero-order valence-corrected chi connectivity index (χ0v) is 10.6. The van der Waals surface area contributed by atoms with Gasteiger partial charge in [0.1, 0.15) is 0 Å². The van der Waals surface area contributed by atoms with Crippen LogP contribution in [0.1, 0.15) is 39.0 Å². The summed E-state index contributed by atoms with van der Waals surface area (Å²) in [4.78, 5) is 11.0. The molecule has 0 spiro atoms. The van der Waals surface area contributed by atoms with E-state index < -0.39 is 11.4 Å². The summed E-state index contributed by atoms with van der Waals surface area (Å²) >= 11 is 0. The second kappa shape index (κ2) is 6.93. The summed E-state index contributed by atoms with van der Waals surface area (Å²) in [5.41, 5.74) is 9.98. The highest BCUT2D eigenvalue weighted by Crippen LogP contribution is 2.13. The molecule has 100 valence electrons. The van der Waals surface area contributed by atoms with E-state index in [0.29, 0.717) is 19.6 Å².